The molecule has 0 unspecified atom stereocenters. The molecular weight excluding hydrogens is 685 g/mol. The van der Waals surface area contributed by atoms with E-state index in [2.05, 4.69) is 192 Å². The first kappa shape index (κ1) is 39.6. The number of allylic oxidation sites excluding steroid dienone is 2. The number of aromatic nitrogens is 4. The van der Waals surface area contributed by atoms with Gasteiger partial charge >= 0.3 is 0 Å². The van der Waals surface area contributed by atoms with Crippen molar-refractivity contribution >= 4 is 21.8 Å². The number of ether oxygens (including phenoxy) is 1. The third-order valence-corrected chi connectivity index (χ3v) is 12.2. The Hall–Kier alpha value is -4.64. The van der Waals surface area contributed by atoms with Crippen LogP contribution in [0.5, 0.6) is 11.5 Å². The molecule has 0 radical (unpaired) electrons. The first-order valence-electron chi connectivity index (χ1n) is 20.6. The van der Waals surface area contributed by atoms with E-state index in [9.17, 15) is 0 Å². The summed E-state index contributed by atoms with van der Waals surface area (Å²) in [6.45, 7) is 34.8. The Morgan fingerprint density at radius 1 is 0.679 bits per heavy atom. The van der Waals surface area contributed by atoms with Gasteiger partial charge in [0.1, 0.15) is 17.3 Å². The molecule has 1 aliphatic carbocycles. The number of hydrogen-bond acceptors (Lipinski definition) is 3. The second-order valence-electron chi connectivity index (χ2n) is 20.8. The lowest BCUT2D eigenvalue weighted by atomic mass is 9.58. The number of aryl methyl sites for hydroxylation is 1. The molecule has 5 heteroatoms. The minimum absolute atomic E-state index is 0.00158. The SMILES string of the molecule is Cc1nn(-c2cc(Oc3ccc4c5ccccc5n(-c5cc(C(C)(C)C)ccn5)c4c3)cc(C(C)(C)C)c2)c(C)c1[C@H]1C(C(C)(C)C)=C[C@H](C)C[C@@H]1C(C)(C)C. The van der Waals surface area contributed by atoms with Crippen molar-refractivity contribution in [2.45, 2.75) is 127 Å². The van der Waals surface area contributed by atoms with Gasteiger partial charge in [-0.1, -0.05) is 120 Å². The molecule has 0 amide bonds. The predicted molar refractivity (Wildman–Crippen MR) is 236 cm³/mol. The molecule has 0 saturated carbocycles. The summed E-state index contributed by atoms with van der Waals surface area (Å²) in [6, 6.07) is 26.1. The van der Waals surface area contributed by atoms with Crippen LogP contribution >= 0.6 is 0 Å². The van der Waals surface area contributed by atoms with E-state index in [0.29, 0.717) is 17.8 Å². The highest BCUT2D eigenvalue weighted by Crippen LogP contribution is 2.54. The summed E-state index contributed by atoms with van der Waals surface area (Å²) in [6.07, 6.45) is 5.68. The zero-order valence-electron chi connectivity index (χ0n) is 36.7. The van der Waals surface area contributed by atoms with Gasteiger partial charge in [-0.2, -0.15) is 5.10 Å². The van der Waals surface area contributed by atoms with E-state index in [-0.39, 0.29) is 21.7 Å². The Morgan fingerprint density at radius 2 is 1.36 bits per heavy atom. The van der Waals surface area contributed by atoms with Crippen LogP contribution in [0.3, 0.4) is 0 Å². The number of pyridine rings is 1. The molecule has 3 aromatic carbocycles. The van der Waals surface area contributed by atoms with Gasteiger partial charge in [0.25, 0.3) is 0 Å². The molecule has 0 saturated heterocycles. The van der Waals surface area contributed by atoms with Crippen molar-refractivity contribution in [3.8, 4) is 23.0 Å². The van der Waals surface area contributed by atoms with Gasteiger partial charge in [-0.15, -0.1) is 0 Å². The van der Waals surface area contributed by atoms with Crippen LogP contribution in [0.25, 0.3) is 33.3 Å². The third-order valence-electron chi connectivity index (χ3n) is 12.2. The lowest BCUT2D eigenvalue weighted by Crippen LogP contribution is -2.36. The van der Waals surface area contributed by atoms with Gasteiger partial charge < -0.3 is 4.74 Å². The molecule has 3 heterocycles. The molecule has 294 valence electrons. The molecule has 0 N–H and O–H groups in total. The fraction of sp³-hybridized carbons (Fsp3) is 0.451. The number of hydrogen-bond donors (Lipinski definition) is 0. The van der Waals surface area contributed by atoms with Crippen LogP contribution < -0.4 is 4.74 Å². The Labute approximate surface area is 336 Å². The summed E-state index contributed by atoms with van der Waals surface area (Å²) in [5.41, 5.74) is 11.0. The number of rotatable bonds is 5. The molecule has 3 atom stereocenters. The van der Waals surface area contributed by atoms with Crippen molar-refractivity contribution < 1.29 is 4.74 Å². The lowest BCUT2D eigenvalue weighted by Gasteiger charge is -2.46. The third kappa shape index (κ3) is 7.35. The second kappa shape index (κ2) is 13.8. The van der Waals surface area contributed by atoms with Crippen molar-refractivity contribution in [1.82, 2.24) is 19.3 Å². The Kier molecular flexibility index (Phi) is 9.74. The zero-order valence-corrected chi connectivity index (χ0v) is 36.7. The van der Waals surface area contributed by atoms with Crippen LogP contribution in [0.1, 0.15) is 130 Å². The van der Waals surface area contributed by atoms with Gasteiger partial charge in [0.05, 0.1) is 22.4 Å². The van der Waals surface area contributed by atoms with Crippen LogP contribution in [0.2, 0.25) is 0 Å². The van der Waals surface area contributed by atoms with Crippen LogP contribution in [0, 0.1) is 36.5 Å². The zero-order chi connectivity index (χ0) is 40.7. The first-order chi connectivity index (χ1) is 26.0. The van der Waals surface area contributed by atoms with Gasteiger partial charge in [0.15, 0.2) is 0 Å². The van der Waals surface area contributed by atoms with Crippen molar-refractivity contribution in [2.24, 2.45) is 22.7 Å². The number of para-hydroxylation sites is 1. The molecule has 0 fully saturated rings. The van der Waals surface area contributed by atoms with Gasteiger partial charge in [-0.3, -0.25) is 4.57 Å². The monoisotopic (exact) mass is 749 g/mol. The molecule has 6 aromatic rings. The molecular formula is C51H64N4O. The molecule has 3 aromatic heterocycles. The Balaban J connectivity index is 1.35. The minimum Gasteiger partial charge on any atom is -0.457 e. The quantitative estimate of drug-likeness (QED) is 0.165. The van der Waals surface area contributed by atoms with Crippen molar-refractivity contribution in [3.05, 3.63) is 119 Å². The van der Waals surface area contributed by atoms with Gasteiger partial charge in [0.2, 0.25) is 0 Å². The van der Waals surface area contributed by atoms with E-state index >= 15 is 0 Å². The molecule has 0 aliphatic heterocycles. The second-order valence-corrected chi connectivity index (χ2v) is 20.8. The Morgan fingerprint density at radius 3 is 2.02 bits per heavy atom. The fourth-order valence-electron chi connectivity index (χ4n) is 9.12. The maximum absolute atomic E-state index is 6.89. The van der Waals surface area contributed by atoms with E-state index in [1.807, 2.05) is 6.20 Å². The van der Waals surface area contributed by atoms with E-state index in [4.69, 9.17) is 14.8 Å². The topological polar surface area (TPSA) is 44.9 Å². The highest BCUT2D eigenvalue weighted by molar-refractivity contribution is 6.09. The first-order valence-corrected chi connectivity index (χ1v) is 20.6. The largest absolute Gasteiger partial charge is 0.457 e. The highest BCUT2D eigenvalue weighted by atomic mass is 16.5. The smallest absolute Gasteiger partial charge is 0.137 e. The minimum atomic E-state index is -0.105. The molecule has 0 spiro atoms. The predicted octanol–water partition coefficient (Wildman–Crippen LogP) is 14.1. The number of benzene rings is 3. The van der Waals surface area contributed by atoms with Gasteiger partial charge in [-0.05, 0) is 107 Å². The summed E-state index contributed by atoms with van der Waals surface area (Å²) < 4.78 is 11.4. The van der Waals surface area contributed by atoms with Crippen LogP contribution in [-0.2, 0) is 10.8 Å². The summed E-state index contributed by atoms with van der Waals surface area (Å²) in [5, 5.41) is 7.70. The lowest BCUT2D eigenvalue weighted by molar-refractivity contribution is 0.162. The van der Waals surface area contributed by atoms with Crippen molar-refractivity contribution in [3.63, 3.8) is 0 Å². The van der Waals surface area contributed by atoms with E-state index < -0.39 is 0 Å². The van der Waals surface area contributed by atoms with Crippen LogP contribution in [-0.4, -0.2) is 19.3 Å². The summed E-state index contributed by atoms with van der Waals surface area (Å²) in [7, 11) is 0. The number of fused-ring (bicyclic) bond motifs is 3. The maximum Gasteiger partial charge on any atom is 0.137 e. The van der Waals surface area contributed by atoms with E-state index in [0.717, 1.165) is 39.7 Å². The standard InChI is InChI=1S/C51H64N4O/c1-31-24-41(50(10,11)12)47(42(25-31)51(13,14)15)46-32(2)53-55(33(46)3)36-26-35(49(7,8)9)27-38(29-36)56-37-20-21-40-39-18-16-17-19-43(39)54(44(40)30-37)45-28-34(22-23-52-45)48(4,5)6/h16-24,26-31,42,47H,25H2,1-15H3/t31-,42-,47-/m0/s1. The molecule has 5 nitrogen and oxygen atoms in total. The average molecular weight is 749 g/mol. The van der Waals surface area contributed by atoms with E-state index in [1.54, 1.807) is 5.57 Å². The Bertz CT molecular complexity index is 2460. The van der Waals surface area contributed by atoms with Crippen LogP contribution in [0.4, 0.5) is 0 Å². The maximum atomic E-state index is 6.89. The van der Waals surface area contributed by atoms with Gasteiger partial charge in [-0.25, -0.2) is 9.67 Å². The summed E-state index contributed by atoms with van der Waals surface area (Å²) in [5.74, 6) is 3.84. The molecule has 1 aliphatic rings. The highest BCUT2D eigenvalue weighted by Gasteiger charge is 2.44. The summed E-state index contributed by atoms with van der Waals surface area (Å²) >= 11 is 0. The molecule has 7 rings (SSSR count). The van der Waals surface area contributed by atoms with Crippen LogP contribution in [0.15, 0.2) is 90.6 Å². The average Bonchev–Trinajstić information content (AvgIpc) is 3.58. The fourth-order valence-corrected chi connectivity index (χ4v) is 9.12. The normalized spacial score (nSPS) is 18.5. The van der Waals surface area contributed by atoms with Crippen molar-refractivity contribution in [2.75, 3.05) is 0 Å². The summed E-state index contributed by atoms with van der Waals surface area (Å²) in [4.78, 5) is 4.89. The van der Waals surface area contributed by atoms with E-state index in [1.165, 1.54) is 39.6 Å². The molecule has 56 heavy (non-hydrogen) atoms. The molecule has 0 bridgehead atoms. The number of nitrogens with zero attached hydrogens (tertiary/aromatic N) is 4. The van der Waals surface area contributed by atoms with Gasteiger partial charge in [0, 0.05) is 46.3 Å². The van der Waals surface area contributed by atoms with Crippen molar-refractivity contribution in [1.29, 1.82) is 0 Å².